The number of thioether (sulfide) groups is 1. The highest BCUT2D eigenvalue weighted by molar-refractivity contribution is 8.02. The third-order valence-electron chi connectivity index (χ3n) is 2.28. The first kappa shape index (κ1) is 15.2. The fourth-order valence-corrected chi connectivity index (χ4v) is 3.33. The average molecular weight is 288 g/mol. The summed E-state index contributed by atoms with van der Waals surface area (Å²) in [5.41, 5.74) is 0. The normalized spacial score (nSPS) is 12.2. The molecule has 0 bridgehead atoms. The van der Waals surface area contributed by atoms with Crippen molar-refractivity contribution in [1.82, 2.24) is 15.1 Å². The molecule has 0 saturated carbocycles. The average Bonchev–Trinajstić information content (AvgIpc) is 2.76. The third-order valence-corrected chi connectivity index (χ3v) is 4.33. The van der Waals surface area contributed by atoms with Crippen LogP contribution in [0.2, 0.25) is 0 Å². The Morgan fingerprint density at radius 3 is 2.83 bits per heavy atom. The minimum atomic E-state index is -0.128. The van der Waals surface area contributed by atoms with E-state index >= 15 is 0 Å². The standard InChI is InChI=1S/C11H20N4OS2/c1-5-6-7-12-10-13-14-11(18-10)17-8(2)9(16)15(3)4/h8H,5-7H2,1-4H3,(H,12,13). The number of anilines is 1. The Hall–Kier alpha value is -0.820. The van der Waals surface area contributed by atoms with Crippen LogP contribution in [0.3, 0.4) is 0 Å². The van der Waals surface area contributed by atoms with Gasteiger partial charge in [0, 0.05) is 20.6 Å². The number of hydrogen-bond donors (Lipinski definition) is 1. The zero-order valence-electron chi connectivity index (χ0n) is 11.3. The van der Waals surface area contributed by atoms with Crippen molar-refractivity contribution in [3.63, 3.8) is 0 Å². The van der Waals surface area contributed by atoms with Crippen LogP contribution in [0.25, 0.3) is 0 Å². The molecule has 102 valence electrons. The molecule has 0 aliphatic rings. The smallest absolute Gasteiger partial charge is 0.235 e. The second-order valence-corrected chi connectivity index (χ2v) is 6.71. The van der Waals surface area contributed by atoms with Gasteiger partial charge >= 0.3 is 0 Å². The largest absolute Gasteiger partial charge is 0.360 e. The summed E-state index contributed by atoms with van der Waals surface area (Å²) in [5, 5.41) is 12.1. The lowest BCUT2D eigenvalue weighted by Gasteiger charge is -2.14. The van der Waals surface area contributed by atoms with E-state index < -0.39 is 0 Å². The predicted octanol–water partition coefficient (Wildman–Crippen LogP) is 2.32. The SMILES string of the molecule is CCCCNc1nnc(SC(C)C(=O)N(C)C)s1. The molecule has 7 heteroatoms. The lowest BCUT2D eigenvalue weighted by Crippen LogP contribution is -2.29. The van der Waals surface area contributed by atoms with Crippen molar-refractivity contribution < 1.29 is 4.79 Å². The Bertz CT molecular complexity index is 381. The van der Waals surface area contributed by atoms with Crippen LogP contribution in [0.1, 0.15) is 26.7 Å². The van der Waals surface area contributed by atoms with Gasteiger partial charge in [0.25, 0.3) is 0 Å². The van der Waals surface area contributed by atoms with E-state index in [0.29, 0.717) is 0 Å². The molecule has 5 nitrogen and oxygen atoms in total. The number of carbonyl (C=O) groups is 1. The molecular formula is C11H20N4OS2. The first-order valence-electron chi connectivity index (χ1n) is 5.99. The number of hydrogen-bond acceptors (Lipinski definition) is 6. The molecule has 1 atom stereocenters. The molecule has 0 aliphatic heterocycles. The van der Waals surface area contributed by atoms with Gasteiger partial charge in [-0.05, 0) is 13.3 Å². The number of nitrogens with one attached hydrogen (secondary N) is 1. The minimum Gasteiger partial charge on any atom is -0.360 e. The lowest BCUT2D eigenvalue weighted by molar-refractivity contribution is -0.127. The molecule has 1 heterocycles. The third kappa shape index (κ3) is 4.81. The molecule has 1 aromatic heterocycles. The van der Waals surface area contributed by atoms with Gasteiger partial charge in [-0.2, -0.15) is 0 Å². The first-order chi connectivity index (χ1) is 8.54. The first-order valence-corrected chi connectivity index (χ1v) is 7.69. The van der Waals surface area contributed by atoms with Crippen molar-refractivity contribution in [2.75, 3.05) is 26.0 Å². The maximum atomic E-state index is 11.7. The second kappa shape index (κ2) is 7.58. The van der Waals surface area contributed by atoms with Crippen LogP contribution in [0.5, 0.6) is 0 Å². The minimum absolute atomic E-state index is 0.0932. The molecule has 0 aromatic carbocycles. The zero-order chi connectivity index (χ0) is 13.5. The van der Waals surface area contributed by atoms with E-state index in [2.05, 4.69) is 22.4 Å². The molecule has 0 radical (unpaired) electrons. The van der Waals surface area contributed by atoms with Gasteiger partial charge in [-0.15, -0.1) is 10.2 Å². The maximum Gasteiger partial charge on any atom is 0.235 e. The Labute approximate surface area is 116 Å². The fraction of sp³-hybridized carbons (Fsp3) is 0.727. The number of nitrogens with zero attached hydrogens (tertiary/aromatic N) is 3. The topological polar surface area (TPSA) is 58.1 Å². The van der Waals surface area contributed by atoms with Gasteiger partial charge in [0.15, 0.2) is 4.34 Å². The van der Waals surface area contributed by atoms with Gasteiger partial charge in [0.2, 0.25) is 11.0 Å². The van der Waals surface area contributed by atoms with Crippen LogP contribution in [-0.2, 0) is 4.79 Å². The van der Waals surface area contributed by atoms with Crippen LogP contribution < -0.4 is 5.32 Å². The van der Waals surface area contributed by atoms with Crippen molar-refractivity contribution in [3.8, 4) is 0 Å². The summed E-state index contributed by atoms with van der Waals surface area (Å²) >= 11 is 2.95. The molecule has 1 aromatic rings. The van der Waals surface area contributed by atoms with Crippen LogP contribution in [0, 0.1) is 0 Å². The van der Waals surface area contributed by atoms with Gasteiger partial charge < -0.3 is 10.2 Å². The van der Waals surface area contributed by atoms with Gasteiger partial charge in [-0.3, -0.25) is 4.79 Å². The monoisotopic (exact) mass is 288 g/mol. The van der Waals surface area contributed by atoms with Crippen LogP contribution in [0.4, 0.5) is 5.13 Å². The summed E-state index contributed by atoms with van der Waals surface area (Å²) in [6.07, 6.45) is 2.28. The highest BCUT2D eigenvalue weighted by Gasteiger charge is 2.18. The predicted molar refractivity (Wildman–Crippen MR) is 77.3 cm³/mol. The van der Waals surface area contributed by atoms with Crippen molar-refractivity contribution in [2.45, 2.75) is 36.3 Å². The molecule has 0 fully saturated rings. The maximum absolute atomic E-state index is 11.7. The van der Waals surface area contributed by atoms with Gasteiger partial charge in [0.05, 0.1) is 5.25 Å². The Kier molecular flexibility index (Phi) is 6.42. The van der Waals surface area contributed by atoms with E-state index in [1.165, 1.54) is 23.1 Å². The summed E-state index contributed by atoms with van der Waals surface area (Å²) in [7, 11) is 3.52. The Morgan fingerprint density at radius 2 is 2.22 bits per heavy atom. The fourth-order valence-electron chi connectivity index (χ4n) is 1.27. The molecule has 1 unspecified atom stereocenters. The van der Waals surface area contributed by atoms with Crippen molar-refractivity contribution in [2.24, 2.45) is 0 Å². The molecule has 0 aliphatic carbocycles. The van der Waals surface area contributed by atoms with Gasteiger partial charge in [-0.1, -0.05) is 36.4 Å². The molecule has 18 heavy (non-hydrogen) atoms. The molecule has 1 amide bonds. The van der Waals surface area contributed by atoms with Gasteiger partial charge in [-0.25, -0.2) is 0 Å². The molecule has 1 N–H and O–H groups in total. The number of amides is 1. The van der Waals surface area contributed by atoms with E-state index in [0.717, 1.165) is 28.9 Å². The summed E-state index contributed by atoms with van der Waals surface area (Å²) in [5.74, 6) is 0.0932. The highest BCUT2D eigenvalue weighted by atomic mass is 32.2. The highest BCUT2D eigenvalue weighted by Crippen LogP contribution is 2.29. The lowest BCUT2D eigenvalue weighted by atomic mass is 10.3. The van der Waals surface area contributed by atoms with E-state index in [1.54, 1.807) is 19.0 Å². The molecule has 1 rings (SSSR count). The van der Waals surface area contributed by atoms with E-state index in [1.807, 2.05) is 6.92 Å². The molecule has 0 saturated heterocycles. The van der Waals surface area contributed by atoms with Crippen LogP contribution >= 0.6 is 23.1 Å². The number of aromatic nitrogens is 2. The van der Waals surface area contributed by atoms with E-state index in [9.17, 15) is 4.79 Å². The van der Waals surface area contributed by atoms with Gasteiger partial charge in [0.1, 0.15) is 0 Å². The quantitative estimate of drug-likeness (QED) is 0.616. The summed E-state index contributed by atoms with van der Waals surface area (Å²) < 4.78 is 0.830. The van der Waals surface area contributed by atoms with E-state index in [4.69, 9.17) is 0 Å². The van der Waals surface area contributed by atoms with Crippen molar-refractivity contribution in [3.05, 3.63) is 0 Å². The van der Waals surface area contributed by atoms with Crippen LogP contribution in [0.15, 0.2) is 4.34 Å². The van der Waals surface area contributed by atoms with Crippen LogP contribution in [-0.4, -0.2) is 46.9 Å². The number of rotatable bonds is 7. The molecule has 0 spiro atoms. The summed E-state index contributed by atoms with van der Waals surface area (Å²) in [4.78, 5) is 13.3. The van der Waals surface area contributed by atoms with Crippen molar-refractivity contribution >= 4 is 34.1 Å². The van der Waals surface area contributed by atoms with E-state index in [-0.39, 0.29) is 11.2 Å². The Morgan fingerprint density at radius 1 is 1.50 bits per heavy atom. The summed E-state index contributed by atoms with van der Waals surface area (Å²) in [6, 6.07) is 0. The second-order valence-electron chi connectivity index (χ2n) is 4.15. The number of unbranched alkanes of at least 4 members (excludes halogenated alkanes) is 1. The number of carbonyl (C=O) groups excluding carboxylic acids is 1. The Balaban J connectivity index is 2.45. The molecular weight excluding hydrogens is 268 g/mol. The summed E-state index contributed by atoms with van der Waals surface area (Å²) in [6.45, 7) is 4.96. The zero-order valence-corrected chi connectivity index (χ0v) is 12.9. The van der Waals surface area contributed by atoms with Crippen molar-refractivity contribution in [1.29, 1.82) is 0 Å².